The van der Waals surface area contributed by atoms with Gasteiger partial charge in [-0.05, 0) is 41.8 Å². The highest BCUT2D eigenvalue weighted by molar-refractivity contribution is 7.15. The highest BCUT2D eigenvalue weighted by atomic mass is 32.1. The van der Waals surface area contributed by atoms with Crippen molar-refractivity contribution >= 4 is 11.3 Å². The van der Waals surface area contributed by atoms with Crippen molar-refractivity contribution in [3.05, 3.63) is 46.8 Å². The summed E-state index contributed by atoms with van der Waals surface area (Å²) in [4.78, 5) is 2.74. The molecule has 1 atom stereocenters. The van der Waals surface area contributed by atoms with Crippen LogP contribution in [0.2, 0.25) is 0 Å². The lowest BCUT2D eigenvalue weighted by Gasteiger charge is -2.20. The molecule has 3 heteroatoms. The van der Waals surface area contributed by atoms with E-state index in [0.29, 0.717) is 18.6 Å². The molecule has 1 aromatic heterocycles. The summed E-state index contributed by atoms with van der Waals surface area (Å²) in [5.41, 5.74) is 2.50. The number of rotatable bonds is 7. The first-order chi connectivity index (χ1) is 10.2. The second-order valence-corrected chi connectivity index (χ2v) is 6.73. The lowest BCUT2D eigenvalue weighted by molar-refractivity contribution is 0.185. The van der Waals surface area contributed by atoms with Gasteiger partial charge in [0.2, 0.25) is 0 Å². The van der Waals surface area contributed by atoms with Crippen LogP contribution in [0.4, 0.5) is 0 Å². The van der Waals surface area contributed by atoms with Crippen molar-refractivity contribution in [1.82, 2.24) is 5.32 Å². The van der Waals surface area contributed by atoms with Crippen molar-refractivity contribution in [2.45, 2.75) is 33.4 Å². The van der Waals surface area contributed by atoms with Gasteiger partial charge >= 0.3 is 0 Å². The zero-order valence-corrected chi connectivity index (χ0v) is 14.2. The third-order valence-electron chi connectivity index (χ3n) is 3.55. The fourth-order valence-corrected chi connectivity index (χ4v) is 3.79. The molecule has 2 nitrogen and oxygen atoms in total. The van der Waals surface area contributed by atoms with Crippen molar-refractivity contribution < 1.29 is 4.74 Å². The maximum atomic E-state index is 5.22. The number of hydrogen-bond acceptors (Lipinski definition) is 3. The van der Waals surface area contributed by atoms with E-state index < -0.39 is 0 Å². The molecule has 0 spiro atoms. The van der Waals surface area contributed by atoms with Crippen LogP contribution in [0.15, 0.2) is 36.4 Å². The van der Waals surface area contributed by atoms with Gasteiger partial charge in [-0.3, -0.25) is 0 Å². The lowest BCUT2D eigenvalue weighted by atomic mass is 10.0. The number of hydrogen-bond donors (Lipinski definition) is 1. The van der Waals surface area contributed by atoms with Crippen LogP contribution in [0.1, 0.15) is 37.3 Å². The van der Waals surface area contributed by atoms with Gasteiger partial charge < -0.3 is 10.1 Å². The molecule has 0 aliphatic heterocycles. The number of ether oxygens (including phenoxy) is 1. The van der Waals surface area contributed by atoms with E-state index in [4.69, 9.17) is 4.74 Å². The topological polar surface area (TPSA) is 21.3 Å². The molecule has 2 aromatic rings. The molecule has 2 rings (SSSR count). The van der Waals surface area contributed by atoms with Crippen LogP contribution in [-0.2, 0) is 11.3 Å². The molecule has 0 fully saturated rings. The van der Waals surface area contributed by atoms with Gasteiger partial charge in [-0.2, -0.15) is 0 Å². The van der Waals surface area contributed by atoms with Crippen LogP contribution in [0, 0.1) is 5.92 Å². The van der Waals surface area contributed by atoms with Gasteiger partial charge in [-0.1, -0.05) is 39.0 Å². The second-order valence-electron chi connectivity index (χ2n) is 5.61. The van der Waals surface area contributed by atoms with Crippen LogP contribution in [0.25, 0.3) is 10.4 Å². The summed E-state index contributed by atoms with van der Waals surface area (Å²) in [6, 6.07) is 13.5. The molecule has 0 saturated carbocycles. The van der Waals surface area contributed by atoms with Gasteiger partial charge in [0, 0.05) is 22.9 Å². The first kappa shape index (κ1) is 16.2. The van der Waals surface area contributed by atoms with Crippen LogP contribution in [-0.4, -0.2) is 13.7 Å². The van der Waals surface area contributed by atoms with Gasteiger partial charge in [0.15, 0.2) is 0 Å². The molecule has 1 aromatic carbocycles. The standard InChI is InChI=1S/C18H25NOS/c1-5-19-18(13(2)3)17-10-9-16(21-17)15-8-6-7-14(11-15)12-20-4/h6-11,13,18-19H,5,12H2,1-4H3. The van der Waals surface area contributed by atoms with Gasteiger partial charge in [0.1, 0.15) is 0 Å². The van der Waals surface area contributed by atoms with Crippen molar-refractivity contribution in [3.8, 4) is 10.4 Å². The number of benzene rings is 1. The van der Waals surface area contributed by atoms with E-state index in [9.17, 15) is 0 Å². The monoisotopic (exact) mass is 303 g/mol. The molecular weight excluding hydrogens is 278 g/mol. The molecule has 0 aliphatic rings. The Kier molecular flexibility index (Phi) is 5.97. The zero-order valence-electron chi connectivity index (χ0n) is 13.3. The van der Waals surface area contributed by atoms with Crippen LogP contribution in [0.5, 0.6) is 0 Å². The van der Waals surface area contributed by atoms with Crippen LogP contribution >= 0.6 is 11.3 Å². The minimum Gasteiger partial charge on any atom is -0.380 e. The average Bonchev–Trinajstić information content (AvgIpc) is 2.94. The molecule has 1 heterocycles. The third kappa shape index (κ3) is 4.16. The fourth-order valence-electron chi connectivity index (χ4n) is 2.54. The van der Waals surface area contributed by atoms with Crippen LogP contribution < -0.4 is 5.32 Å². The molecule has 0 saturated heterocycles. The second kappa shape index (κ2) is 7.74. The van der Waals surface area contributed by atoms with Crippen LogP contribution in [0.3, 0.4) is 0 Å². The summed E-state index contributed by atoms with van der Waals surface area (Å²) in [6.07, 6.45) is 0. The Morgan fingerprint density at radius 2 is 2.00 bits per heavy atom. The SMILES string of the molecule is CCNC(c1ccc(-c2cccc(COC)c2)s1)C(C)C. The first-order valence-electron chi connectivity index (χ1n) is 7.57. The molecule has 0 aliphatic carbocycles. The Balaban J connectivity index is 2.24. The van der Waals surface area contributed by atoms with Gasteiger partial charge in [-0.15, -0.1) is 11.3 Å². The molecule has 1 unspecified atom stereocenters. The zero-order chi connectivity index (χ0) is 15.2. The number of nitrogens with one attached hydrogen (secondary N) is 1. The van der Waals surface area contributed by atoms with Gasteiger partial charge in [0.25, 0.3) is 0 Å². The smallest absolute Gasteiger partial charge is 0.0713 e. The molecule has 114 valence electrons. The summed E-state index contributed by atoms with van der Waals surface area (Å²) >= 11 is 1.89. The molecular formula is C18H25NOS. The largest absolute Gasteiger partial charge is 0.380 e. The van der Waals surface area contributed by atoms with E-state index in [2.05, 4.69) is 62.5 Å². The molecule has 0 bridgehead atoms. The lowest BCUT2D eigenvalue weighted by Crippen LogP contribution is -2.24. The highest BCUT2D eigenvalue weighted by Crippen LogP contribution is 2.34. The minimum absolute atomic E-state index is 0.441. The highest BCUT2D eigenvalue weighted by Gasteiger charge is 2.17. The number of methoxy groups -OCH3 is 1. The number of thiophene rings is 1. The van der Waals surface area contributed by atoms with E-state index in [1.807, 2.05) is 11.3 Å². The van der Waals surface area contributed by atoms with Crippen molar-refractivity contribution in [3.63, 3.8) is 0 Å². The Morgan fingerprint density at radius 3 is 2.67 bits per heavy atom. The minimum atomic E-state index is 0.441. The Morgan fingerprint density at radius 1 is 1.19 bits per heavy atom. The summed E-state index contributed by atoms with van der Waals surface area (Å²) in [5, 5.41) is 3.59. The summed E-state index contributed by atoms with van der Waals surface area (Å²) in [7, 11) is 1.74. The van der Waals surface area contributed by atoms with E-state index in [-0.39, 0.29) is 0 Å². The quantitative estimate of drug-likeness (QED) is 0.788. The fraction of sp³-hybridized carbons (Fsp3) is 0.444. The van der Waals surface area contributed by atoms with E-state index in [1.165, 1.54) is 20.9 Å². The predicted octanol–water partition coefficient (Wildman–Crippen LogP) is 4.87. The third-order valence-corrected chi connectivity index (χ3v) is 4.76. The van der Waals surface area contributed by atoms with E-state index >= 15 is 0 Å². The van der Waals surface area contributed by atoms with Gasteiger partial charge in [0.05, 0.1) is 6.61 Å². The van der Waals surface area contributed by atoms with Crippen molar-refractivity contribution in [2.24, 2.45) is 5.92 Å². The summed E-state index contributed by atoms with van der Waals surface area (Å²) in [6.45, 7) is 8.37. The average molecular weight is 303 g/mol. The molecule has 21 heavy (non-hydrogen) atoms. The Hall–Kier alpha value is -1.16. The first-order valence-corrected chi connectivity index (χ1v) is 8.38. The van der Waals surface area contributed by atoms with Gasteiger partial charge in [-0.25, -0.2) is 0 Å². The van der Waals surface area contributed by atoms with E-state index in [0.717, 1.165) is 6.54 Å². The molecule has 0 amide bonds. The Labute approximate surface area is 132 Å². The van der Waals surface area contributed by atoms with Crippen molar-refractivity contribution in [1.29, 1.82) is 0 Å². The summed E-state index contributed by atoms with van der Waals surface area (Å²) < 4.78 is 5.22. The summed E-state index contributed by atoms with van der Waals surface area (Å²) in [5.74, 6) is 0.594. The molecule has 0 radical (unpaired) electrons. The predicted molar refractivity (Wildman–Crippen MR) is 91.7 cm³/mol. The molecule has 1 N–H and O–H groups in total. The normalized spacial score (nSPS) is 12.8. The van der Waals surface area contributed by atoms with Crippen molar-refractivity contribution in [2.75, 3.05) is 13.7 Å². The maximum Gasteiger partial charge on any atom is 0.0713 e. The maximum absolute atomic E-state index is 5.22. The Bertz CT molecular complexity index is 562. The van der Waals surface area contributed by atoms with E-state index in [1.54, 1.807) is 7.11 Å².